The summed E-state index contributed by atoms with van der Waals surface area (Å²) in [5.41, 5.74) is 5.67. The number of nitrogens with two attached hydrogens (primary N) is 1. The van der Waals surface area contributed by atoms with Crippen LogP contribution in [0.4, 0.5) is 0 Å². The molecule has 0 aliphatic heterocycles. The molecule has 16 heavy (non-hydrogen) atoms. The average molecular weight is 242 g/mol. The maximum absolute atomic E-state index is 11.0. The fourth-order valence-corrected chi connectivity index (χ4v) is 1.64. The van der Waals surface area contributed by atoms with Crippen LogP contribution < -0.4 is 5.73 Å². The first kappa shape index (κ1) is 15.1. The first-order valence-corrected chi connectivity index (χ1v) is 9.08. The lowest BCUT2D eigenvalue weighted by Crippen LogP contribution is -2.21. The van der Waals surface area contributed by atoms with Crippen molar-refractivity contribution in [2.75, 3.05) is 13.3 Å². The summed E-state index contributed by atoms with van der Waals surface area (Å²) in [6.07, 6.45) is 2.71. The zero-order valence-corrected chi connectivity index (χ0v) is 11.6. The summed E-state index contributed by atoms with van der Waals surface area (Å²) in [6, 6.07) is 1.12. The first-order valence-electron chi connectivity index (χ1n) is 5.37. The van der Waals surface area contributed by atoms with Crippen molar-refractivity contribution in [3.8, 4) is 0 Å². The van der Waals surface area contributed by atoms with Gasteiger partial charge >= 0.3 is 0 Å². The molecule has 0 fully saturated rings. The van der Waals surface area contributed by atoms with Crippen molar-refractivity contribution in [1.29, 1.82) is 0 Å². The van der Waals surface area contributed by atoms with Gasteiger partial charge in [0.15, 0.2) is 5.78 Å². The number of ether oxygens (including phenoxy) is 1. The first-order chi connectivity index (χ1) is 7.37. The van der Waals surface area contributed by atoms with E-state index in [1.165, 1.54) is 19.3 Å². The lowest BCUT2D eigenvalue weighted by Gasteiger charge is -2.14. The van der Waals surface area contributed by atoms with E-state index >= 15 is 0 Å². The van der Waals surface area contributed by atoms with E-state index in [9.17, 15) is 4.79 Å². The van der Waals surface area contributed by atoms with Crippen LogP contribution in [0.25, 0.3) is 0 Å². The molecule has 0 aliphatic rings. The van der Waals surface area contributed by atoms with Gasteiger partial charge in [0.1, 0.15) is 6.73 Å². The summed E-state index contributed by atoms with van der Waals surface area (Å²) in [7, 11) is -1.03. The Labute approximate surface area is 98.6 Å². The summed E-state index contributed by atoms with van der Waals surface area (Å²) in [6.45, 7) is 9.36. The van der Waals surface area contributed by atoms with Crippen molar-refractivity contribution in [2.24, 2.45) is 10.7 Å². The second-order valence-corrected chi connectivity index (χ2v) is 10.5. The molecule has 5 heteroatoms. The van der Waals surface area contributed by atoms with Crippen LogP contribution in [-0.4, -0.2) is 33.4 Å². The van der Waals surface area contributed by atoms with Gasteiger partial charge in [0.05, 0.1) is 5.57 Å². The smallest absolute Gasteiger partial charge is 0.162 e. The van der Waals surface area contributed by atoms with E-state index in [4.69, 9.17) is 10.5 Å². The summed E-state index contributed by atoms with van der Waals surface area (Å²) < 4.78 is 5.34. The third-order valence-corrected chi connectivity index (χ3v) is 3.68. The zero-order chi connectivity index (χ0) is 12.6. The van der Waals surface area contributed by atoms with E-state index in [1.54, 1.807) is 0 Å². The number of carbonyl (C=O) groups is 1. The molecule has 0 bridgehead atoms. The molecule has 0 amide bonds. The molecule has 0 aromatic heterocycles. The van der Waals surface area contributed by atoms with Gasteiger partial charge in [-0.25, -0.2) is 0 Å². The van der Waals surface area contributed by atoms with Crippen molar-refractivity contribution in [2.45, 2.75) is 32.6 Å². The van der Waals surface area contributed by atoms with E-state index in [-0.39, 0.29) is 12.5 Å². The number of rotatable bonds is 7. The summed E-state index contributed by atoms with van der Waals surface area (Å²) in [5.74, 6) is -0.0895. The largest absolute Gasteiger partial charge is 0.404 e. The van der Waals surface area contributed by atoms with E-state index in [0.717, 1.165) is 12.7 Å². The van der Waals surface area contributed by atoms with Crippen molar-refractivity contribution >= 4 is 20.1 Å². The van der Waals surface area contributed by atoms with Crippen LogP contribution in [0.3, 0.4) is 0 Å². The van der Waals surface area contributed by atoms with E-state index in [0.29, 0.717) is 5.57 Å². The van der Waals surface area contributed by atoms with Crippen molar-refractivity contribution in [1.82, 2.24) is 0 Å². The number of carbonyl (C=O) groups excluding carboxylic acids is 1. The highest BCUT2D eigenvalue weighted by Crippen LogP contribution is 2.07. The normalized spacial score (nSPS) is 13.4. The number of ketones is 1. The zero-order valence-electron chi connectivity index (χ0n) is 10.6. The standard InChI is InChI=1S/C11H22N2O2Si/c1-10(14)11(7-12)8-13-9-15-5-6-16(2,3)4/h7-8H,5-6,9,12H2,1-4H3/b11-7+,13-8+. The number of nitrogens with zero attached hydrogens (tertiary/aromatic N) is 1. The third kappa shape index (κ3) is 8.37. The molecule has 0 unspecified atom stereocenters. The summed E-state index contributed by atoms with van der Waals surface area (Å²) in [4.78, 5) is 14.9. The molecule has 0 spiro atoms. The summed E-state index contributed by atoms with van der Waals surface area (Å²) in [5, 5.41) is 0. The minimum absolute atomic E-state index is 0.0895. The highest BCUT2D eigenvalue weighted by Gasteiger charge is 2.11. The Morgan fingerprint density at radius 1 is 1.44 bits per heavy atom. The SMILES string of the molecule is CC(=O)C(/C=N/COCC[Si](C)(C)C)=C/N. The van der Waals surface area contributed by atoms with Crippen LogP contribution in [0.5, 0.6) is 0 Å². The molecule has 0 heterocycles. The van der Waals surface area contributed by atoms with Gasteiger partial charge in [-0.3, -0.25) is 9.79 Å². The van der Waals surface area contributed by atoms with E-state index < -0.39 is 8.07 Å². The fraction of sp³-hybridized carbons (Fsp3) is 0.636. The third-order valence-electron chi connectivity index (χ3n) is 1.98. The van der Waals surface area contributed by atoms with Gasteiger partial charge in [-0.2, -0.15) is 0 Å². The second-order valence-electron chi connectivity index (χ2n) is 4.84. The number of aliphatic imine (C=N–C) groups is 1. The van der Waals surface area contributed by atoms with E-state index in [1.807, 2.05) is 0 Å². The van der Waals surface area contributed by atoms with Gasteiger partial charge in [-0.1, -0.05) is 19.6 Å². The van der Waals surface area contributed by atoms with Crippen LogP contribution in [-0.2, 0) is 9.53 Å². The Kier molecular flexibility index (Phi) is 6.92. The quantitative estimate of drug-likeness (QED) is 0.320. The number of hydrogen-bond donors (Lipinski definition) is 1. The monoisotopic (exact) mass is 242 g/mol. The van der Waals surface area contributed by atoms with Crippen LogP contribution in [0, 0.1) is 0 Å². The molecule has 0 aromatic carbocycles. The molecular formula is C11H22N2O2Si. The van der Waals surface area contributed by atoms with E-state index in [2.05, 4.69) is 24.6 Å². The molecule has 0 saturated heterocycles. The van der Waals surface area contributed by atoms with Gasteiger partial charge < -0.3 is 10.5 Å². The Hall–Kier alpha value is -0.943. The molecule has 2 N–H and O–H groups in total. The minimum Gasteiger partial charge on any atom is -0.404 e. The topological polar surface area (TPSA) is 64.7 Å². The molecule has 0 aliphatic carbocycles. The molecule has 0 saturated carbocycles. The van der Waals surface area contributed by atoms with Crippen LogP contribution in [0.2, 0.25) is 25.7 Å². The molecule has 92 valence electrons. The van der Waals surface area contributed by atoms with Crippen LogP contribution >= 0.6 is 0 Å². The predicted molar refractivity (Wildman–Crippen MR) is 70.4 cm³/mol. The van der Waals surface area contributed by atoms with Crippen LogP contribution in [0.1, 0.15) is 6.92 Å². The predicted octanol–water partition coefficient (Wildman–Crippen LogP) is 1.80. The molecule has 0 rings (SSSR count). The molecule has 4 nitrogen and oxygen atoms in total. The van der Waals surface area contributed by atoms with Gasteiger partial charge in [-0.05, 0) is 13.0 Å². The number of Topliss-reactive ketones (excluding diaryl/α,β-unsaturated/α-hetero) is 1. The Morgan fingerprint density at radius 2 is 2.06 bits per heavy atom. The van der Waals surface area contributed by atoms with Gasteiger partial charge in [0, 0.05) is 27.1 Å². The number of hydrogen-bond acceptors (Lipinski definition) is 4. The maximum Gasteiger partial charge on any atom is 0.162 e. The Balaban J connectivity index is 3.74. The van der Waals surface area contributed by atoms with Gasteiger partial charge in [0.2, 0.25) is 0 Å². The lowest BCUT2D eigenvalue weighted by atomic mass is 10.2. The molecule has 0 radical (unpaired) electrons. The number of allylic oxidation sites excluding steroid dienone is 1. The average Bonchev–Trinajstić information content (AvgIpc) is 2.14. The maximum atomic E-state index is 11.0. The van der Waals surface area contributed by atoms with Gasteiger partial charge in [0.25, 0.3) is 0 Å². The van der Waals surface area contributed by atoms with Crippen molar-refractivity contribution < 1.29 is 9.53 Å². The highest BCUT2D eigenvalue weighted by molar-refractivity contribution is 6.76. The molecule has 0 atom stereocenters. The van der Waals surface area contributed by atoms with Crippen molar-refractivity contribution in [3.05, 3.63) is 11.8 Å². The summed E-state index contributed by atoms with van der Waals surface area (Å²) >= 11 is 0. The lowest BCUT2D eigenvalue weighted by molar-refractivity contribution is -0.113. The molecule has 0 aromatic rings. The highest BCUT2D eigenvalue weighted by atomic mass is 28.3. The fourth-order valence-electron chi connectivity index (χ4n) is 0.883. The Morgan fingerprint density at radius 3 is 2.50 bits per heavy atom. The Bertz CT molecular complexity index is 280. The second kappa shape index (κ2) is 7.35. The van der Waals surface area contributed by atoms with Gasteiger partial charge in [-0.15, -0.1) is 0 Å². The molecular weight excluding hydrogens is 220 g/mol. The van der Waals surface area contributed by atoms with Crippen LogP contribution in [0.15, 0.2) is 16.8 Å². The van der Waals surface area contributed by atoms with Crippen molar-refractivity contribution in [3.63, 3.8) is 0 Å². The minimum atomic E-state index is -1.03.